The lowest BCUT2D eigenvalue weighted by Crippen LogP contribution is -2.51. The van der Waals surface area contributed by atoms with E-state index in [0.717, 1.165) is 25.8 Å². The summed E-state index contributed by atoms with van der Waals surface area (Å²) in [6, 6.07) is 10.6. The maximum atomic E-state index is 11.8. The number of nitrogens with zero attached hydrogens (tertiary/aromatic N) is 1. The Morgan fingerprint density at radius 1 is 1.32 bits per heavy atom. The van der Waals surface area contributed by atoms with Gasteiger partial charge < -0.3 is 9.64 Å². The molecule has 0 aromatic heterocycles. The Hall–Kier alpha value is -1.35. The molecule has 0 saturated heterocycles. The third-order valence-corrected chi connectivity index (χ3v) is 4.91. The minimum absolute atomic E-state index is 0.159. The van der Waals surface area contributed by atoms with Crippen LogP contribution in [0.15, 0.2) is 30.3 Å². The lowest BCUT2D eigenvalue weighted by Gasteiger charge is -2.48. The Morgan fingerprint density at radius 3 is 2.59 bits per heavy atom. The normalized spacial score (nSPS) is 26.7. The number of carbonyl (C=O) groups is 1. The maximum Gasteiger partial charge on any atom is 0.303 e. The molecule has 3 heteroatoms. The van der Waals surface area contributed by atoms with E-state index in [1.807, 2.05) is 6.07 Å². The first kappa shape index (κ1) is 17.0. The second-order valence-electron chi connectivity index (χ2n) is 6.92. The Labute approximate surface area is 134 Å². The minimum Gasteiger partial charge on any atom is -0.458 e. The smallest absolute Gasteiger partial charge is 0.303 e. The monoisotopic (exact) mass is 303 g/mol. The van der Waals surface area contributed by atoms with Crippen LogP contribution >= 0.6 is 0 Å². The quantitative estimate of drug-likeness (QED) is 0.774. The molecule has 3 atom stereocenters. The molecule has 122 valence electrons. The van der Waals surface area contributed by atoms with Crippen molar-refractivity contribution in [2.75, 3.05) is 20.6 Å². The summed E-state index contributed by atoms with van der Waals surface area (Å²) in [5.41, 5.74) is 0.921. The van der Waals surface area contributed by atoms with Crippen molar-refractivity contribution in [3.8, 4) is 0 Å². The lowest BCUT2D eigenvalue weighted by atomic mass is 9.66. The van der Waals surface area contributed by atoms with Crippen molar-refractivity contribution < 1.29 is 9.53 Å². The van der Waals surface area contributed by atoms with Crippen molar-refractivity contribution >= 4 is 5.97 Å². The Bertz CT molecular complexity index is 485. The number of hydrogen-bond donors (Lipinski definition) is 0. The summed E-state index contributed by atoms with van der Waals surface area (Å²) >= 11 is 0. The molecule has 0 spiro atoms. The van der Waals surface area contributed by atoms with Crippen LogP contribution in [0.3, 0.4) is 0 Å². The Morgan fingerprint density at radius 2 is 2.00 bits per heavy atom. The molecule has 1 aliphatic rings. The summed E-state index contributed by atoms with van der Waals surface area (Å²) in [6.45, 7) is 4.70. The van der Waals surface area contributed by atoms with Gasteiger partial charge in [0.05, 0.1) is 0 Å². The molecule has 2 rings (SSSR count). The van der Waals surface area contributed by atoms with E-state index >= 15 is 0 Å². The summed E-state index contributed by atoms with van der Waals surface area (Å²) in [4.78, 5) is 14.0. The summed E-state index contributed by atoms with van der Waals surface area (Å²) in [5.74, 6) is 0.437. The fourth-order valence-electron chi connectivity index (χ4n) is 4.08. The Balaban J connectivity index is 2.39. The summed E-state index contributed by atoms with van der Waals surface area (Å²) in [5, 5.41) is 0. The molecule has 0 radical (unpaired) electrons. The van der Waals surface area contributed by atoms with Crippen molar-refractivity contribution in [2.24, 2.45) is 5.92 Å². The van der Waals surface area contributed by atoms with Gasteiger partial charge in [0.1, 0.15) is 5.60 Å². The summed E-state index contributed by atoms with van der Waals surface area (Å²) < 4.78 is 6.04. The SMILES string of the molecule is CC(=O)O[C@]1([C@H](C)CN(C)C)CCCC[C@H]1c1ccccc1. The van der Waals surface area contributed by atoms with Crippen molar-refractivity contribution in [1.82, 2.24) is 4.90 Å². The average Bonchev–Trinajstić information content (AvgIpc) is 2.47. The van der Waals surface area contributed by atoms with Gasteiger partial charge in [0.15, 0.2) is 0 Å². The van der Waals surface area contributed by atoms with Crippen LogP contribution in [-0.4, -0.2) is 37.1 Å². The van der Waals surface area contributed by atoms with Gasteiger partial charge in [0.2, 0.25) is 0 Å². The molecule has 1 aliphatic carbocycles. The van der Waals surface area contributed by atoms with Crippen LogP contribution < -0.4 is 0 Å². The molecule has 1 saturated carbocycles. The summed E-state index contributed by atoms with van der Waals surface area (Å²) in [7, 11) is 4.16. The van der Waals surface area contributed by atoms with Gasteiger partial charge >= 0.3 is 5.97 Å². The van der Waals surface area contributed by atoms with E-state index in [-0.39, 0.29) is 11.6 Å². The Kier molecular flexibility index (Phi) is 5.63. The molecule has 0 unspecified atom stereocenters. The van der Waals surface area contributed by atoms with Crippen molar-refractivity contribution in [2.45, 2.75) is 51.0 Å². The lowest BCUT2D eigenvalue weighted by molar-refractivity contribution is -0.172. The van der Waals surface area contributed by atoms with Crippen molar-refractivity contribution in [1.29, 1.82) is 0 Å². The molecular weight excluding hydrogens is 274 g/mol. The van der Waals surface area contributed by atoms with Gasteiger partial charge in [0.25, 0.3) is 0 Å². The van der Waals surface area contributed by atoms with Gasteiger partial charge in [-0.2, -0.15) is 0 Å². The summed E-state index contributed by atoms with van der Waals surface area (Å²) in [6.07, 6.45) is 4.39. The van der Waals surface area contributed by atoms with E-state index in [0.29, 0.717) is 11.8 Å². The fourth-order valence-corrected chi connectivity index (χ4v) is 4.08. The zero-order valence-corrected chi connectivity index (χ0v) is 14.3. The zero-order chi connectivity index (χ0) is 16.2. The van der Waals surface area contributed by atoms with Crippen LogP contribution in [0, 0.1) is 5.92 Å². The number of rotatable bonds is 5. The highest BCUT2D eigenvalue weighted by Gasteiger charge is 2.48. The van der Waals surface area contributed by atoms with Crippen LogP contribution in [0.2, 0.25) is 0 Å². The number of carbonyl (C=O) groups excluding carboxylic acids is 1. The highest BCUT2D eigenvalue weighted by molar-refractivity contribution is 5.67. The maximum absolute atomic E-state index is 11.8. The number of hydrogen-bond acceptors (Lipinski definition) is 3. The highest BCUT2D eigenvalue weighted by atomic mass is 16.6. The zero-order valence-electron chi connectivity index (χ0n) is 14.3. The van der Waals surface area contributed by atoms with E-state index in [9.17, 15) is 4.79 Å². The van der Waals surface area contributed by atoms with Gasteiger partial charge in [0, 0.05) is 25.3 Å². The van der Waals surface area contributed by atoms with Crippen LogP contribution in [0.25, 0.3) is 0 Å². The van der Waals surface area contributed by atoms with Gasteiger partial charge in [-0.3, -0.25) is 4.79 Å². The highest BCUT2D eigenvalue weighted by Crippen LogP contribution is 2.48. The molecule has 3 nitrogen and oxygen atoms in total. The predicted molar refractivity (Wildman–Crippen MR) is 89.9 cm³/mol. The molecular formula is C19H29NO2. The number of ether oxygens (including phenoxy) is 1. The average molecular weight is 303 g/mol. The molecule has 1 fully saturated rings. The minimum atomic E-state index is -0.379. The van der Waals surface area contributed by atoms with Gasteiger partial charge in [-0.1, -0.05) is 43.7 Å². The van der Waals surface area contributed by atoms with Crippen LogP contribution in [0.5, 0.6) is 0 Å². The van der Waals surface area contributed by atoms with E-state index in [1.54, 1.807) is 6.92 Å². The molecule has 0 N–H and O–H groups in total. The molecule has 1 aromatic rings. The van der Waals surface area contributed by atoms with Gasteiger partial charge in [-0.15, -0.1) is 0 Å². The molecule has 0 heterocycles. The van der Waals surface area contributed by atoms with Crippen LogP contribution in [0.1, 0.15) is 51.0 Å². The van der Waals surface area contributed by atoms with E-state index < -0.39 is 0 Å². The standard InChI is InChI=1S/C19H29NO2/c1-15(14-20(3)4)19(22-16(2)21)13-9-8-12-18(19)17-10-6-5-7-11-17/h5-7,10-11,15,18H,8-9,12-14H2,1-4H3/t15-,18+,19+/m1/s1. The third-order valence-electron chi connectivity index (χ3n) is 4.91. The molecule has 0 aliphatic heterocycles. The third kappa shape index (κ3) is 3.70. The molecule has 1 aromatic carbocycles. The van der Waals surface area contributed by atoms with Gasteiger partial charge in [-0.05, 0) is 38.9 Å². The fraction of sp³-hybridized carbons (Fsp3) is 0.632. The van der Waals surface area contributed by atoms with Crippen LogP contribution in [0.4, 0.5) is 0 Å². The van der Waals surface area contributed by atoms with Crippen molar-refractivity contribution in [3.05, 3.63) is 35.9 Å². The topological polar surface area (TPSA) is 29.5 Å². The molecule has 0 bridgehead atoms. The van der Waals surface area contributed by atoms with E-state index in [1.165, 1.54) is 12.0 Å². The second kappa shape index (κ2) is 7.28. The largest absolute Gasteiger partial charge is 0.458 e. The van der Waals surface area contributed by atoms with Crippen molar-refractivity contribution in [3.63, 3.8) is 0 Å². The first-order valence-corrected chi connectivity index (χ1v) is 8.35. The van der Waals surface area contributed by atoms with Gasteiger partial charge in [-0.25, -0.2) is 0 Å². The first-order valence-electron chi connectivity index (χ1n) is 8.35. The van der Waals surface area contributed by atoms with E-state index in [4.69, 9.17) is 4.74 Å². The predicted octanol–water partition coefficient (Wildman–Crippen LogP) is 3.84. The first-order chi connectivity index (χ1) is 10.5. The number of esters is 1. The van der Waals surface area contributed by atoms with Crippen LogP contribution in [-0.2, 0) is 9.53 Å². The molecule has 22 heavy (non-hydrogen) atoms. The molecule has 0 amide bonds. The second-order valence-corrected chi connectivity index (χ2v) is 6.92. The number of benzene rings is 1. The van der Waals surface area contributed by atoms with E-state index in [2.05, 4.69) is 50.2 Å².